The number of imide groups is 1. The van der Waals surface area contributed by atoms with E-state index in [-0.39, 0.29) is 24.5 Å². The minimum Gasteiger partial charge on any atom is -0.447 e. The Bertz CT molecular complexity index is 862. The zero-order valence-corrected chi connectivity index (χ0v) is 16.5. The van der Waals surface area contributed by atoms with Gasteiger partial charge in [0, 0.05) is 12.5 Å². The van der Waals surface area contributed by atoms with Crippen molar-refractivity contribution in [2.75, 3.05) is 19.7 Å². The van der Waals surface area contributed by atoms with E-state index in [4.69, 9.17) is 4.74 Å². The molecule has 1 N–H and O–H groups in total. The lowest BCUT2D eigenvalue weighted by Crippen LogP contribution is -2.45. The van der Waals surface area contributed by atoms with E-state index in [1.54, 1.807) is 6.82 Å². The topological polar surface area (TPSA) is 70.1 Å². The van der Waals surface area contributed by atoms with E-state index in [9.17, 15) is 14.6 Å². The predicted octanol–water partition coefficient (Wildman–Crippen LogP) is 2.40. The number of nitrogens with zero attached hydrogens (tertiary/aromatic N) is 2. The first kappa shape index (κ1) is 19.7. The summed E-state index contributed by atoms with van der Waals surface area (Å²) in [7, 11) is -0.648. The van der Waals surface area contributed by atoms with Crippen molar-refractivity contribution >= 4 is 19.1 Å². The molecule has 2 aliphatic rings. The maximum Gasteiger partial charge on any atom is 0.416 e. The molecule has 2 amide bonds. The zero-order chi connectivity index (χ0) is 20.4. The molecule has 3 unspecified atom stereocenters. The van der Waals surface area contributed by atoms with Gasteiger partial charge in [-0.3, -0.25) is 4.79 Å². The SMILES string of the molecule is CB(O)N1CC(C(=O)N2C(=O)OCC2Cc2ccccc2)C(c2ccccc2)C1. The summed E-state index contributed by atoms with van der Waals surface area (Å²) in [4.78, 5) is 29.2. The van der Waals surface area contributed by atoms with Crippen LogP contribution >= 0.6 is 0 Å². The van der Waals surface area contributed by atoms with Crippen molar-refractivity contribution < 1.29 is 19.3 Å². The minimum absolute atomic E-state index is 0.0796. The van der Waals surface area contributed by atoms with Gasteiger partial charge in [-0.1, -0.05) is 60.7 Å². The molecule has 0 radical (unpaired) electrons. The van der Waals surface area contributed by atoms with Crippen molar-refractivity contribution in [3.8, 4) is 0 Å². The molecule has 4 rings (SSSR count). The van der Waals surface area contributed by atoms with Gasteiger partial charge in [-0.25, -0.2) is 9.69 Å². The van der Waals surface area contributed by atoms with Gasteiger partial charge in [0.2, 0.25) is 5.91 Å². The van der Waals surface area contributed by atoms with E-state index >= 15 is 0 Å². The van der Waals surface area contributed by atoms with Crippen molar-refractivity contribution in [3.05, 3.63) is 71.8 Å². The van der Waals surface area contributed by atoms with Crippen molar-refractivity contribution in [1.82, 2.24) is 9.71 Å². The highest BCUT2D eigenvalue weighted by Gasteiger charge is 2.47. The van der Waals surface area contributed by atoms with E-state index in [1.807, 2.05) is 65.5 Å². The van der Waals surface area contributed by atoms with Gasteiger partial charge >= 0.3 is 13.1 Å². The summed E-state index contributed by atoms with van der Waals surface area (Å²) in [5.74, 6) is -0.703. The third kappa shape index (κ3) is 4.06. The second kappa shape index (κ2) is 8.39. The van der Waals surface area contributed by atoms with E-state index in [1.165, 1.54) is 4.90 Å². The third-order valence-corrected chi connectivity index (χ3v) is 5.93. The van der Waals surface area contributed by atoms with Gasteiger partial charge in [0.15, 0.2) is 0 Å². The van der Waals surface area contributed by atoms with Gasteiger partial charge in [-0.2, -0.15) is 0 Å². The summed E-state index contributed by atoms with van der Waals surface area (Å²) in [6.45, 7) is 2.90. The quantitative estimate of drug-likeness (QED) is 0.792. The summed E-state index contributed by atoms with van der Waals surface area (Å²) >= 11 is 0. The number of carbonyl (C=O) groups is 2. The van der Waals surface area contributed by atoms with Crippen LogP contribution in [0.4, 0.5) is 4.79 Å². The smallest absolute Gasteiger partial charge is 0.416 e. The molecule has 0 aromatic heterocycles. The monoisotopic (exact) mass is 392 g/mol. The van der Waals surface area contributed by atoms with Crippen LogP contribution in [0.25, 0.3) is 0 Å². The molecule has 2 aliphatic heterocycles. The van der Waals surface area contributed by atoms with Crippen LogP contribution in [0.3, 0.4) is 0 Å². The first-order valence-electron chi connectivity index (χ1n) is 10.1. The predicted molar refractivity (Wildman–Crippen MR) is 110 cm³/mol. The molecule has 2 aromatic carbocycles. The summed E-state index contributed by atoms with van der Waals surface area (Å²) in [6, 6.07) is 19.3. The standard InChI is InChI=1S/C22H25BN2O4/c1-23(28)24-13-19(17-10-6-3-7-11-17)20(14-24)21(26)25-18(15-29-22(25)27)12-16-8-4-2-5-9-16/h2-11,18-20,28H,12-15H2,1H3. The molecule has 2 aromatic rings. The Morgan fingerprint density at radius 1 is 1.10 bits per heavy atom. The van der Waals surface area contributed by atoms with Crippen LogP contribution in [-0.2, 0) is 16.0 Å². The molecule has 0 bridgehead atoms. The van der Waals surface area contributed by atoms with Gasteiger partial charge in [-0.05, 0) is 30.9 Å². The number of ether oxygens (including phenoxy) is 1. The maximum atomic E-state index is 13.5. The van der Waals surface area contributed by atoms with E-state index in [0.717, 1.165) is 11.1 Å². The molecule has 0 spiro atoms. The highest BCUT2D eigenvalue weighted by Crippen LogP contribution is 2.35. The van der Waals surface area contributed by atoms with Gasteiger partial charge in [0.05, 0.1) is 12.0 Å². The Labute approximate surface area is 171 Å². The largest absolute Gasteiger partial charge is 0.447 e. The second-order valence-electron chi connectivity index (χ2n) is 7.84. The van der Waals surface area contributed by atoms with E-state index < -0.39 is 19.1 Å². The highest BCUT2D eigenvalue weighted by atomic mass is 16.6. The lowest BCUT2D eigenvalue weighted by molar-refractivity contribution is -0.133. The zero-order valence-electron chi connectivity index (χ0n) is 16.5. The number of hydrogen-bond acceptors (Lipinski definition) is 5. The van der Waals surface area contributed by atoms with Crippen LogP contribution in [-0.4, -0.2) is 59.5 Å². The number of amides is 2. The van der Waals surface area contributed by atoms with Gasteiger partial charge in [0.1, 0.15) is 6.61 Å². The van der Waals surface area contributed by atoms with E-state index in [0.29, 0.717) is 19.5 Å². The molecule has 7 heteroatoms. The molecule has 0 saturated carbocycles. The normalized spacial score (nSPS) is 24.6. The third-order valence-electron chi connectivity index (χ3n) is 5.93. The summed E-state index contributed by atoms with van der Waals surface area (Å²) in [5, 5.41) is 10.1. The lowest BCUT2D eigenvalue weighted by atomic mass is 9.85. The Kier molecular flexibility index (Phi) is 5.69. The molecule has 2 heterocycles. The van der Waals surface area contributed by atoms with Gasteiger partial charge < -0.3 is 14.6 Å². The summed E-state index contributed by atoms with van der Waals surface area (Å²) in [6.07, 6.45) is -0.000478. The highest BCUT2D eigenvalue weighted by molar-refractivity contribution is 6.45. The number of hydrogen-bond donors (Lipinski definition) is 1. The number of carbonyl (C=O) groups excluding carboxylic acids is 2. The Morgan fingerprint density at radius 2 is 1.76 bits per heavy atom. The number of benzene rings is 2. The van der Waals surface area contributed by atoms with Crippen molar-refractivity contribution in [2.24, 2.45) is 5.92 Å². The second-order valence-corrected chi connectivity index (χ2v) is 7.84. The molecular weight excluding hydrogens is 367 g/mol. The summed E-state index contributed by atoms with van der Waals surface area (Å²) < 4.78 is 5.25. The van der Waals surface area contributed by atoms with Crippen LogP contribution in [0.5, 0.6) is 0 Å². The van der Waals surface area contributed by atoms with Crippen LogP contribution in [0.1, 0.15) is 17.0 Å². The first-order valence-corrected chi connectivity index (χ1v) is 10.1. The lowest BCUT2D eigenvalue weighted by Gasteiger charge is -2.26. The molecule has 29 heavy (non-hydrogen) atoms. The molecule has 6 nitrogen and oxygen atoms in total. The minimum atomic E-state index is -0.648. The Morgan fingerprint density at radius 3 is 2.41 bits per heavy atom. The van der Waals surface area contributed by atoms with Crippen LogP contribution in [0, 0.1) is 5.92 Å². The average molecular weight is 392 g/mol. The fraction of sp³-hybridized carbons (Fsp3) is 0.364. The van der Waals surface area contributed by atoms with Gasteiger partial charge in [-0.15, -0.1) is 0 Å². The summed E-state index contributed by atoms with van der Waals surface area (Å²) in [5.41, 5.74) is 2.10. The van der Waals surface area contributed by atoms with Crippen molar-refractivity contribution in [1.29, 1.82) is 0 Å². The maximum absolute atomic E-state index is 13.5. The van der Waals surface area contributed by atoms with Gasteiger partial charge in [0.25, 0.3) is 0 Å². The molecule has 2 fully saturated rings. The molecule has 150 valence electrons. The molecule has 2 saturated heterocycles. The molecule has 3 atom stereocenters. The Balaban J connectivity index is 1.58. The average Bonchev–Trinajstić information content (AvgIpc) is 3.33. The van der Waals surface area contributed by atoms with Crippen molar-refractivity contribution in [2.45, 2.75) is 25.2 Å². The Hall–Kier alpha value is -2.64. The molecule has 0 aliphatic carbocycles. The van der Waals surface area contributed by atoms with Crippen LogP contribution in [0.15, 0.2) is 60.7 Å². The van der Waals surface area contributed by atoms with E-state index in [2.05, 4.69) is 0 Å². The number of cyclic esters (lactones) is 1. The number of rotatable bonds is 5. The fourth-order valence-corrected chi connectivity index (χ4v) is 4.37. The van der Waals surface area contributed by atoms with Crippen molar-refractivity contribution in [3.63, 3.8) is 0 Å². The first-order chi connectivity index (χ1) is 14.0. The van der Waals surface area contributed by atoms with Crippen LogP contribution in [0.2, 0.25) is 6.82 Å². The molecular formula is C22H25BN2O4. The fourth-order valence-electron chi connectivity index (χ4n) is 4.37. The van der Waals surface area contributed by atoms with Crippen LogP contribution < -0.4 is 0 Å².